The second kappa shape index (κ2) is 14.2. The first-order chi connectivity index (χ1) is 19.0. The molecule has 0 saturated heterocycles. The van der Waals surface area contributed by atoms with E-state index in [9.17, 15) is 18.0 Å². The second-order valence-corrected chi connectivity index (χ2v) is 12.4. The first-order valence-corrected chi connectivity index (χ1v) is 15.4. The summed E-state index contributed by atoms with van der Waals surface area (Å²) in [6.07, 6.45) is 1.03. The van der Waals surface area contributed by atoms with Gasteiger partial charge in [0.1, 0.15) is 12.6 Å². The Balaban J connectivity index is 2.06. The Morgan fingerprint density at radius 1 is 0.925 bits per heavy atom. The fraction of sp³-hybridized carbons (Fsp3) is 0.310. The van der Waals surface area contributed by atoms with Crippen LogP contribution in [0.1, 0.15) is 37.8 Å². The number of nitrogens with zero attached hydrogens (tertiary/aromatic N) is 2. The summed E-state index contributed by atoms with van der Waals surface area (Å²) >= 11 is 18.5. The monoisotopic (exact) mass is 623 g/mol. The lowest BCUT2D eigenvalue weighted by Crippen LogP contribution is -2.52. The number of sulfonamides is 1. The molecule has 2 amide bonds. The number of amides is 2. The van der Waals surface area contributed by atoms with Gasteiger partial charge in [-0.15, -0.1) is 0 Å². The molecule has 0 aromatic heterocycles. The zero-order chi connectivity index (χ0) is 29.4. The van der Waals surface area contributed by atoms with Gasteiger partial charge in [0, 0.05) is 18.1 Å². The Hall–Kier alpha value is -2.78. The number of nitrogens with one attached hydrogen (secondary N) is 1. The van der Waals surface area contributed by atoms with Crippen molar-refractivity contribution in [3.8, 4) is 0 Å². The summed E-state index contributed by atoms with van der Waals surface area (Å²) in [5.41, 5.74) is 1.75. The number of benzene rings is 3. The molecule has 0 aliphatic rings. The highest BCUT2D eigenvalue weighted by atomic mass is 35.5. The fourth-order valence-corrected chi connectivity index (χ4v) is 6.03. The molecule has 0 radical (unpaired) electrons. The molecule has 1 atom stereocenters. The van der Waals surface area contributed by atoms with Crippen molar-refractivity contribution in [1.82, 2.24) is 10.2 Å². The molecule has 0 aliphatic carbocycles. The lowest BCUT2D eigenvalue weighted by Gasteiger charge is -2.33. The second-order valence-electron chi connectivity index (χ2n) is 9.29. The van der Waals surface area contributed by atoms with Crippen LogP contribution in [0.2, 0.25) is 15.1 Å². The van der Waals surface area contributed by atoms with Crippen LogP contribution in [0.15, 0.2) is 71.6 Å². The zero-order valence-corrected chi connectivity index (χ0v) is 25.6. The predicted molar refractivity (Wildman–Crippen MR) is 162 cm³/mol. The van der Waals surface area contributed by atoms with E-state index in [1.54, 1.807) is 55.5 Å². The average Bonchev–Trinajstić information content (AvgIpc) is 2.92. The molecule has 0 heterocycles. The summed E-state index contributed by atoms with van der Waals surface area (Å²) in [6, 6.07) is 16.7. The van der Waals surface area contributed by atoms with Gasteiger partial charge in [-0.1, -0.05) is 78.5 Å². The van der Waals surface area contributed by atoms with Crippen molar-refractivity contribution in [2.75, 3.05) is 17.4 Å². The van der Waals surface area contributed by atoms with Gasteiger partial charge in [0.05, 0.1) is 20.6 Å². The topological polar surface area (TPSA) is 86.8 Å². The van der Waals surface area contributed by atoms with Crippen LogP contribution in [-0.4, -0.2) is 44.3 Å². The maximum absolute atomic E-state index is 14.0. The van der Waals surface area contributed by atoms with Gasteiger partial charge in [-0.05, 0) is 67.8 Å². The highest BCUT2D eigenvalue weighted by Gasteiger charge is 2.33. The van der Waals surface area contributed by atoms with E-state index < -0.39 is 28.5 Å². The number of anilines is 1. The van der Waals surface area contributed by atoms with Gasteiger partial charge in [-0.2, -0.15) is 0 Å². The summed E-state index contributed by atoms with van der Waals surface area (Å²) in [5.74, 6) is -0.895. The standard InChI is InChI=1S/C29H32Cl3N3O4S/c1-4-15-33-29(37)27(5-2)34(18-21-11-14-25(31)26(32)16-21)28(36)19-35(23-8-6-7-22(30)17-23)40(38,39)24-12-9-20(3)10-13-24/h6-14,16-17,27H,4-5,15,18-19H2,1-3H3,(H,33,37)/t27-/m1/s1. The Morgan fingerprint density at radius 2 is 1.62 bits per heavy atom. The van der Waals surface area contributed by atoms with Gasteiger partial charge in [0.15, 0.2) is 0 Å². The average molecular weight is 625 g/mol. The SMILES string of the molecule is CCCNC(=O)[C@@H](CC)N(Cc1ccc(Cl)c(Cl)c1)C(=O)CN(c1cccc(Cl)c1)S(=O)(=O)c1ccc(C)cc1. The quantitative estimate of drug-likeness (QED) is 0.250. The van der Waals surface area contributed by atoms with Gasteiger partial charge in [0.2, 0.25) is 11.8 Å². The van der Waals surface area contributed by atoms with E-state index in [1.165, 1.54) is 23.1 Å². The van der Waals surface area contributed by atoms with Crippen molar-refractivity contribution >= 4 is 62.3 Å². The molecule has 0 fully saturated rings. The molecule has 3 rings (SSSR count). The first-order valence-electron chi connectivity index (χ1n) is 12.8. The molecule has 0 saturated carbocycles. The van der Waals surface area contributed by atoms with Gasteiger partial charge >= 0.3 is 0 Å². The van der Waals surface area contributed by atoms with Gasteiger partial charge in [-0.3, -0.25) is 13.9 Å². The van der Waals surface area contributed by atoms with Crippen LogP contribution < -0.4 is 9.62 Å². The fourth-order valence-electron chi connectivity index (χ4n) is 4.12. The van der Waals surface area contributed by atoms with E-state index >= 15 is 0 Å². The van der Waals surface area contributed by atoms with Crippen molar-refractivity contribution < 1.29 is 18.0 Å². The van der Waals surface area contributed by atoms with Crippen LogP contribution >= 0.6 is 34.8 Å². The zero-order valence-electron chi connectivity index (χ0n) is 22.5. The molecule has 214 valence electrons. The molecule has 0 unspecified atom stereocenters. The maximum Gasteiger partial charge on any atom is 0.264 e. The van der Waals surface area contributed by atoms with E-state index in [2.05, 4.69) is 5.32 Å². The molecule has 7 nitrogen and oxygen atoms in total. The summed E-state index contributed by atoms with van der Waals surface area (Å²) in [4.78, 5) is 28.6. The van der Waals surface area contributed by atoms with Crippen LogP contribution in [0.5, 0.6) is 0 Å². The van der Waals surface area contributed by atoms with Crippen LogP contribution in [0, 0.1) is 6.92 Å². The smallest absolute Gasteiger partial charge is 0.264 e. The minimum Gasteiger partial charge on any atom is -0.354 e. The molecular weight excluding hydrogens is 593 g/mol. The summed E-state index contributed by atoms with van der Waals surface area (Å²) in [7, 11) is -4.18. The van der Waals surface area contributed by atoms with Crippen LogP contribution in [-0.2, 0) is 26.2 Å². The van der Waals surface area contributed by atoms with E-state index in [0.29, 0.717) is 33.6 Å². The van der Waals surface area contributed by atoms with E-state index in [1.807, 2.05) is 13.8 Å². The first kappa shape index (κ1) is 31.7. The summed E-state index contributed by atoms with van der Waals surface area (Å²) < 4.78 is 28.8. The van der Waals surface area contributed by atoms with Crippen molar-refractivity contribution in [2.45, 2.75) is 51.1 Å². The Kier molecular flexibility index (Phi) is 11.3. The largest absolute Gasteiger partial charge is 0.354 e. The normalized spacial score (nSPS) is 12.1. The van der Waals surface area contributed by atoms with Crippen molar-refractivity contribution in [1.29, 1.82) is 0 Å². The number of rotatable bonds is 12. The van der Waals surface area contributed by atoms with Crippen molar-refractivity contribution in [2.24, 2.45) is 0 Å². The van der Waals surface area contributed by atoms with E-state index in [0.717, 1.165) is 16.3 Å². The Morgan fingerprint density at radius 3 is 2.23 bits per heavy atom. The van der Waals surface area contributed by atoms with Gasteiger partial charge in [0.25, 0.3) is 10.0 Å². The highest BCUT2D eigenvalue weighted by molar-refractivity contribution is 7.92. The van der Waals surface area contributed by atoms with Crippen LogP contribution in [0.4, 0.5) is 5.69 Å². The minimum atomic E-state index is -4.18. The van der Waals surface area contributed by atoms with Crippen molar-refractivity contribution in [3.05, 3.63) is 92.9 Å². The number of aryl methyl sites for hydroxylation is 1. The van der Waals surface area contributed by atoms with Gasteiger partial charge < -0.3 is 10.2 Å². The van der Waals surface area contributed by atoms with Crippen LogP contribution in [0.25, 0.3) is 0 Å². The Bertz CT molecular complexity index is 1450. The lowest BCUT2D eigenvalue weighted by molar-refractivity contribution is -0.140. The highest BCUT2D eigenvalue weighted by Crippen LogP contribution is 2.28. The Labute approximate surface area is 251 Å². The molecule has 40 heavy (non-hydrogen) atoms. The number of hydrogen-bond acceptors (Lipinski definition) is 4. The van der Waals surface area contributed by atoms with E-state index in [-0.39, 0.29) is 23.0 Å². The van der Waals surface area contributed by atoms with Crippen LogP contribution in [0.3, 0.4) is 0 Å². The lowest BCUT2D eigenvalue weighted by atomic mass is 10.1. The molecule has 0 bridgehead atoms. The number of halogens is 3. The maximum atomic E-state index is 14.0. The molecule has 0 aliphatic heterocycles. The number of carbonyl (C=O) groups is 2. The third-order valence-electron chi connectivity index (χ3n) is 6.26. The summed E-state index contributed by atoms with van der Waals surface area (Å²) in [6.45, 7) is 5.48. The molecule has 1 N–H and O–H groups in total. The predicted octanol–water partition coefficient (Wildman–Crippen LogP) is 6.48. The molecule has 3 aromatic carbocycles. The third kappa shape index (κ3) is 7.91. The third-order valence-corrected chi connectivity index (χ3v) is 9.02. The number of carbonyl (C=O) groups excluding carboxylic acids is 2. The molecule has 11 heteroatoms. The minimum absolute atomic E-state index is 0.0156. The molecular formula is C29H32Cl3N3O4S. The van der Waals surface area contributed by atoms with Gasteiger partial charge in [-0.25, -0.2) is 8.42 Å². The number of hydrogen-bond donors (Lipinski definition) is 1. The molecule has 3 aromatic rings. The van der Waals surface area contributed by atoms with Crippen molar-refractivity contribution in [3.63, 3.8) is 0 Å². The van der Waals surface area contributed by atoms with E-state index in [4.69, 9.17) is 34.8 Å². The molecule has 0 spiro atoms. The summed E-state index contributed by atoms with van der Waals surface area (Å²) in [5, 5.41) is 3.82.